The van der Waals surface area contributed by atoms with Crippen molar-refractivity contribution in [3.05, 3.63) is 48.0 Å². The number of hydrogen-bond acceptors (Lipinski definition) is 2. The summed E-state index contributed by atoms with van der Waals surface area (Å²) in [6, 6.07) is 14.6. The first-order chi connectivity index (χ1) is 10.2. The Balaban J connectivity index is 1.89. The predicted octanol–water partition coefficient (Wildman–Crippen LogP) is 3.73. The third-order valence-electron chi connectivity index (χ3n) is 5.06. The molecule has 1 aliphatic heterocycles. The molecule has 2 aromatic rings. The van der Waals surface area contributed by atoms with Crippen LogP contribution in [0.4, 0.5) is 0 Å². The highest BCUT2D eigenvalue weighted by Gasteiger charge is 2.37. The van der Waals surface area contributed by atoms with E-state index in [1.165, 1.54) is 16.3 Å². The summed E-state index contributed by atoms with van der Waals surface area (Å²) in [5.41, 5.74) is 1.06. The van der Waals surface area contributed by atoms with Crippen molar-refractivity contribution in [2.75, 3.05) is 13.1 Å². The molecule has 0 aliphatic carbocycles. The van der Waals surface area contributed by atoms with Gasteiger partial charge in [0.15, 0.2) is 0 Å². The van der Waals surface area contributed by atoms with Crippen LogP contribution in [0.2, 0.25) is 0 Å². The van der Waals surface area contributed by atoms with Gasteiger partial charge in [0.25, 0.3) is 0 Å². The van der Waals surface area contributed by atoms with Gasteiger partial charge in [-0.2, -0.15) is 0 Å². The number of hydrogen-bond donors (Lipinski definition) is 1. The van der Waals surface area contributed by atoms with Crippen molar-refractivity contribution in [3.63, 3.8) is 0 Å². The van der Waals surface area contributed by atoms with Crippen LogP contribution < -0.4 is 5.32 Å². The van der Waals surface area contributed by atoms with Crippen LogP contribution >= 0.6 is 0 Å². The van der Waals surface area contributed by atoms with Crippen LogP contribution in [-0.2, 0) is 11.2 Å². The quantitative estimate of drug-likeness (QED) is 0.925. The van der Waals surface area contributed by atoms with Gasteiger partial charge in [-0.05, 0) is 48.7 Å². The summed E-state index contributed by atoms with van der Waals surface area (Å²) in [5.74, 6) is 0.419. The van der Waals surface area contributed by atoms with Crippen molar-refractivity contribution in [2.24, 2.45) is 5.41 Å². The van der Waals surface area contributed by atoms with Gasteiger partial charge in [0.2, 0.25) is 0 Å². The second-order valence-corrected chi connectivity index (χ2v) is 6.12. The zero-order valence-electron chi connectivity index (χ0n) is 12.7. The fraction of sp³-hybridized carbons (Fsp3) is 0.421. The van der Waals surface area contributed by atoms with E-state index in [2.05, 4.69) is 48.6 Å². The van der Waals surface area contributed by atoms with E-state index in [0.717, 1.165) is 32.4 Å². The Hall–Kier alpha value is -1.67. The van der Waals surface area contributed by atoms with Crippen LogP contribution in [0.3, 0.4) is 0 Å². The Morgan fingerprint density at radius 3 is 2.57 bits per heavy atom. The van der Waals surface area contributed by atoms with E-state index in [1.54, 1.807) is 0 Å². The number of fused-ring (bicyclic) bond motifs is 1. The molecular weight excluding hydrogens is 258 g/mol. The number of benzene rings is 2. The van der Waals surface area contributed by atoms with Gasteiger partial charge in [-0.3, -0.25) is 4.79 Å². The van der Waals surface area contributed by atoms with E-state index < -0.39 is 0 Å². The molecule has 2 aromatic carbocycles. The van der Waals surface area contributed by atoms with Crippen LogP contribution in [0.5, 0.6) is 0 Å². The Morgan fingerprint density at radius 2 is 1.81 bits per heavy atom. The number of carbonyl (C=O) groups is 1. The molecule has 0 radical (unpaired) electrons. The molecule has 2 heteroatoms. The molecule has 0 unspecified atom stereocenters. The summed E-state index contributed by atoms with van der Waals surface area (Å²) < 4.78 is 0. The van der Waals surface area contributed by atoms with Gasteiger partial charge < -0.3 is 5.32 Å². The summed E-state index contributed by atoms with van der Waals surface area (Å²) in [6.07, 6.45) is 3.48. The van der Waals surface area contributed by atoms with Crippen LogP contribution in [-0.4, -0.2) is 18.9 Å². The zero-order chi connectivity index (χ0) is 14.7. The van der Waals surface area contributed by atoms with E-state index in [9.17, 15) is 4.79 Å². The van der Waals surface area contributed by atoms with Crippen LogP contribution in [0.15, 0.2) is 42.5 Å². The lowest BCUT2D eigenvalue weighted by Crippen LogP contribution is -2.42. The normalized spacial score (nSPS) is 17.8. The first kappa shape index (κ1) is 14.3. The maximum absolute atomic E-state index is 12.9. The number of Topliss-reactive ketones (excluding diaryl/α,β-unsaturated/α-hetero) is 1. The van der Waals surface area contributed by atoms with Crippen molar-refractivity contribution < 1.29 is 4.79 Å². The average Bonchev–Trinajstić information content (AvgIpc) is 2.56. The highest BCUT2D eigenvalue weighted by molar-refractivity contribution is 5.93. The largest absolute Gasteiger partial charge is 0.317 e. The minimum absolute atomic E-state index is 0.109. The Labute approximate surface area is 126 Å². The first-order valence-electron chi connectivity index (χ1n) is 7.96. The number of ketones is 1. The lowest BCUT2D eigenvalue weighted by Gasteiger charge is -2.35. The van der Waals surface area contributed by atoms with Crippen molar-refractivity contribution in [1.82, 2.24) is 5.32 Å². The highest BCUT2D eigenvalue weighted by atomic mass is 16.1. The predicted molar refractivity (Wildman–Crippen MR) is 87.5 cm³/mol. The molecule has 3 rings (SSSR count). The van der Waals surface area contributed by atoms with Gasteiger partial charge in [-0.15, -0.1) is 0 Å². The summed E-state index contributed by atoms with van der Waals surface area (Å²) in [5, 5.41) is 5.81. The summed E-state index contributed by atoms with van der Waals surface area (Å²) in [6.45, 7) is 4.09. The minimum atomic E-state index is -0.109. The van der Waals surface area contributed by atoms with Crippen molar-refractivity contribution >= 4 is 16.6 Å². The van der Waals surface area contributed by atoms with Crippen molar-refractivity contribution in [1.29, 1.82) is 0 Å². The maximum atomic E-state index is 12.9. The Morgan fingerprint density at radius 1 is 1.10 bits per heavy atom. The molecule has 0 atom stereocenters. The third kappa shape index (κ3) is 2.73. The van der Waals surface area contributed by atoms with Crippen molar-refractivity contribution in [3.8, 4) is 0 Å². The molecule has 21 heavy (non-hydrogen) atoms. The monoisotopic (exact) mass is 281 g/mol. The molecule has 1 fully saturated rings. The average molecular weight is 281 g/mol. The SMILES string of the molecule is CCC1(C(=O)Cc2cccc3ccccc23)CCNCC1. The standard InChI is InChI=1S/C19H23NO/c1-2-19(10-12-20-13-11-19)18(21)14-16-8-5-7-15-6-3-4-9-17(15)16/h3-9,20H,2,10-14H2,1H3. The molecule has 110 valence electrons. The van der Waals surface area contributed by atoms with Gasteiger partial charge in [0.1, 0.15) is 5.78 Å². The number of carbonyl (C=O) groups excluding carboxylic acids is 1. The second-order valence-electron chi connectivity index (χ2n) is 6.12. The van der Waals surface area contributed by atoms with Gasteiger partial charge in [0, 0.05) is 11.8 Å². The van der Waals surface area contributed by atoms with Gasteiger partial charge in [0.05, 0.1) is 0 Å². The van der Waals surface area contributed by atoms with Gasteiger partial charge >= 0.3 is 0 Å². The fourth-order valence-corrected chi connectivity index (χ4v) is 3.54. The second kappa shape index (κ2) is 5.98. The van der Waals surface area contributed by atoms with Crippen LogP contribution in [0.1, 0.15) is 31.7 Å². The van der Waals surface area contributed by atoms with Crippen LogP contribution in [0.25, 0.3) is 10.8 Å². The van der Waals surface area contributed by atoms with E-state index in [1.807, 2.05) is 6.07 Å². The van der Waals surface area contributed by atoms with E-state index in [4.69, 9.17) is 0 Å². The molecule has 0 saturated carbocycles. The van der Waals surface area contributed by atoms with Gasteiger partial charge in [-0.1, -0.05) is 49.4 Å². The summed E-state index contributed by atoms with van der Waals surface area (Å²) >= 11 is 0. The first-order valence-corrected chi connectivity index (χ1v) is 7.96. The molecule has 1 N–H and O–H groups in total. The van der Waals surface area contributed by atoms with Crippen LogP contribution in [0, 0.1) is 5.41 Å². The third-order valence-corrected chi connectivity index (χ3v) is 5.06. The number of rotatable bonds is 4. The topological polar surface area (TPSA) is 29.1 Å². The smallest absolute Gasteiger partial charge is 0.143 e. The number of nitrogens with one attached hydrogen (secondary N) is 1. The molecular formula is C19H23NO. The van der Waals surface area contributed by atoms with Gasteiger partial charge in [-0.25, -0.2) is 0 Å². The lowest BCUT2D eigenvalue weighted by molar-refractivity contribution is -0.129. The maximum Gasteiger partial charge on any atom is 0.143 e. The number of piperidine rings is 1. The molecule has 1 heterocycles. The lowest BCUT2D eigenvalue weighted by atomic mass is 9.71. The van der Waals surface area contributed by atoms with Crippen molar-refractivity contribution in [2.45, 2.75) is 32.6 Å². The van der Waals surface area contributed by atoms with E-state index >= 15 is 0 Å². The molecule has 0 amide bonds. The zero-order valence-corrected chi connectivity index (χ0v) is 12.7. The molecule has 1 aliphatic rings. The minimum Gasteiger partial charge on any atom is -0.317 e. The Bertz CT molecular complexity index is 636. The Kier molecular flexibility index (Phi) is 4.07. The molecule has 1 saturated heterocycles. The summed E-state index contributed by atoms with van der Waals surface area (Å²) in [4.78, 5) is 12.9. The molecule has 2 nitrogen and oxygen atoms in total. The fourth-order valence-electron chi connectivity index (χ4n) is 3.54. The van der Waals surface area contributed by atoms with E-state index in [-0.39, 0.29) is 5.41 Å². The molecule has 0 bridgehead atoms. The van der Waals surface area contributed by atoms with E-state index in [0.29, 0.717) is 12.2 Å². The highest BCUT2D eigenvalue weighted by Crippen LogP contribution is 2.35. The summed E-state index contributed by atoms with van der Waals surface area (Å²) in [7, 11) is 0. The molecule has 0 aromatic heterocycles. The molecule has 0 spiro atoms.